The smallest absolute Gasteiger partial charge is 0.212 e. The zero-order chi connectivity index (χ0) is 13.1. The molecular weight excluding hydrogens is 240 g/mol. The second-order valence-corrected chi connectivity index (χ2v) is 4.67. The normalized spacial score (nSPS) is 18.7. The van der Waals surface area contributed by atoms with Crippen molar-refractivity contribution in [3.05, 3.63) is 36.4 Å². The molecule has 0 aliphatic carbocycles. The monoisotopic (exact) mass is 258 g/mol. The van der Waals surface area contributed by atoms with E-state index in [1.54, 1.807) is 6.20 Å². The molecular formula is C15H18N2O2. The summed E-state index contributed by atoms with van der Waals surface area (Å²) in [5, 5.41) is 3.39. The summed E-state index contributed by atoms with van der Waals surface area (Å²) in [6.07, 6.45) is 4.08. The number of benzene rings is 1. The van der Waals surface area contributed by atoms with Crippen LogP contribution in [0.5, 0.6) is 5.75 Å². The highest BCUT2D eigenvalue weighted by Crippen LogP contribution is 2.28. The number of oxazole rings is 1. The number of hydrogen-bond acceptors (Lipinski definition) is 4. The lowest BCUT2D eigenvalue weighted by molar-refractivity contribution is 0.340. The van der Waals surface area contributed by atoms with Gasteiger partial charge in [-0.1, -0.05) is 0 Å². The fourth-order valence-corrected chi connectivity index (χ4v) is 2.36. The van der Waals surface area contributed by atoms with Crippen LogP contribution in [0, 0.1) is 0 Å². The number of rotatable bonds is 4. The first kappa shape index (κ1) is 12.2. The van der Waals surface area contributed by atoms with E-state index in [-0.39, 0.29) is 6.04 Å². The van der Waals surface area contributed by atoms with Crippen molar-refractivity contribution < 1.29 is 9.15 Å². The van der Waals surface area contributed by atoms with Gasteiger partial charge in [-0.2, -0.15) is 0 Å². The van der Waals surface area contributed by atoms with Gasteiger partial charge in [-0.15, -0.1) is 0 Å². The predicted octanol–water partition coefficient (Wildman–Crippen LogP) is 3.16. The van der Waals surface area contributed by atoms with E-state index >= 15 is 0 Å². The first-order valence-electron chi connectivity index (χ1n) is 6.79. The summed E-state index contributed by atoms with van der Waals surface area (Å²) in [5.41, 5.74) is 1.03. The minimum atomic E-state index is 0.274. The van der Waals surface area contributed by atoms with Crippen LogP contribution in [0.3, 0.4) is 0 Å². The summed E-state index contributed by atoms with van der Waals surface area (Å²) < 4.78 is 11.3. The van der Waals surface area contributed by atoms with E-state index in [9.17, 15) is 0 Å². The van der Waals surface area contributed by atoms with Gasteiger partial charge in [0.1, 0.15) is 5.75 Å². The average Bonchev–Trinajstić information content (AvgIpc) is 3.11. The molecule has 0 radical (unpaired) electrons. The molecule has 4 nitrogen and oxygen atoms in total. The molecule has 4 heteroatoms. The first-order valence-corrected chi connectivity index (χ1v) is 6.79. The summed E-state index contributed by atoms with van der Waals surface area (Å²) >= 11 is 0. The Labute approximate surface area is 112 Å². The molecule has 1 aliphatic rings. The molecule has 1 N–H and O–H groups in total. The first-order chi connectivity index (χ1) is 9.36. The average molecular weight is 258 g/mol. The van der Waals surface area contributed by atoms with Crippen LogP contribution in [0.2, 0.25) is 0 Å². The van der Waals surface area contributed by atoms with E-state index in [0.717, 1.165) is 35.9 Å². The topological polar surface area (TPSA) is 47.3 Å². The lowest BCUT2D eigenvalue weighted by Crippen LogP contribution is -2.12. The molecule has 100 valence electrons. The van der Waals surface area contributed by atoms with Gasteiger partial charge in [-0.25, -0.2) is 4.98 Å². The maximum Gasteiger partial charge on any atom is 0.212 e. The summed E-state index contributed by atoms with van der Waals surface area (Å²) in [6, 6.07) is 8.18. The number of aromatic nitrogens is 1. The highest BCUT2D eigenvalue weighted by molar-refractivity contribution is 5.57. The van der Waals surface area contributed by atoms with Crippen LogP contribution >= 0.6 is 0 Å². The third-order valence-corrected chi connectivity index (χ3v) is 3.33. The summed E-state index contributed by atoms with van der Waals surface area (Å²) in [6.45, 7) is 3.70. The van der Waals surface area contributed by atoms with Crippen molar-refractivity contribution in [3.63, 3.8) is 0 Å². The van der Waals surface area contributed by atoms with E-state index in [4.69, 9.17) is 9.15 Å². The summed E-state index contributed by atoms with van der Waals surface area (Å²) in [4.78, 5) is 4.37. The maximum atomic E-state index is 5.84. The minimum absolute atomic E-state index is 0.274. The van der Waals surface area contributed by atoms with Crippen LogP contribution in [0.25, 0.3) is 11.3 Å². The van der Waals surface area contributed by atoms with Crippen molar-refractivity contribution in [3.8, 4) is 17.1 Å². The Kier molecular flexibility index (Phi) is 3.51. The lowest BCUT2D eigenvalue weighted by atomic mass is 10.2. The molecule has 2 aromatic rings. The fourth-order valence-electron chi connectivity index (χ4n) is 2.36. The largest absolute Gasteiger partial charge is 0.494 e. The molecule has 1 fully saturated rings. The van der Waals surface area contributed by atoms with Gasteiger partial charge >= 0.3 is 0 Å². The zero-order valence-corrected chi connectivity index (χ0v) is 11.1. The standard InChI is InChI=1S/C15H18N2O2/c1-2-18-12-7-5-11(6-8-12)14-10-17-15(19-14)13-4-3-9-16-13/h5-8,10,13,16H,2-4,9H2,1H3. The molecule has 0 amide bonds. The van der Waals surface area contributed by atoms with Gasteiger partial charge in [0.25, 0.3) is 0 Å². The third-order valence-electron chi connectivity index (χ3n) is 3.33. The molecule has 3 rings (SSSR count). The van der Waals surface area contributed by atoms with Gasteiger partial charge in [-0.3, -0.25) is 0 Å². The predicted molar refractivity (Wildman–Crippen MR) is 73.1 cm³/mol. The van der Waals surface area contributed by atoms with E-state index < -0.39 is 0 Å². The van der Waals surface area contributed by atoms with Gasteiger partial charge in [0.2, 0.25) is 5.89 Å². The minimum Gasteiger partial charge on any atom is -0.494 e. The Morgan fingerprint density at radius 1 is 1.37 bits per heavy atom. The lowest BCUT2D eigenvalue weighted by Gasteiger charge is -2.04. The second kappa shape index (κ2) is 5.45. The number of nitrogens with zero attached hydrogens (tertiary/aromatic N) is 1. The molecule has 1 aromatic heterocycles. The van der Waals surface area contributed by atoms with Crippen molar-refractivity contribution >= 4 is 0 Å². The highest BCUT2D eigenvalue weighted by Gasteiger charge is 2.21. The summed E-state index contributed by atoms with van der Waals surface area (Å²) in [5.74, 6) is 2.48. The van der Waals surface area contributed by atoms with Crippen LogP contribution < -0.4 is 10.1 Å². The van der Waals surface area contributed by atoms with E-state index in [1.807, 2.05) is 31.2 Å². The molecule has 2 heterocycles. The van der Waals surface area contributed by atoms with Crippen molar-refractivity contribution in [2.45, 2.75) is 25.8 Å². The van der Waals surface area contributed by atoms with Crippen molar-refractivity contribution in [2.24, 2.45) is 0 Å². The molecule has 1 aromatic carbocycles. The zero-order valence-electron chi connectivity index (χ0n) is 11.1. The molecule has 0 spiro atoms. The Hall–Kier alpha value is -1.81. The third kappa shape index (κ3) is 2.63. The van der Waals surface area contributed by atoms with E-state index in [2.05, 4.69) is 10.3 Å². The molecule has 1 unspecified atom stereocenters. The van der Waals surface area contributed by atoms with Gasteiger partial charge < -0.3 is 14.5 Å². The van der Waals surface area contributed by atoms with Gasteiger partial charge in [-0.05, 0) is 50.6 Å². The SMILES string of the molecule is CCOc1ccc(-c2cnc(C3CCCN3)o2)cc1. The number of hydrogen-bond donors (Lipinski definition) is 1. The van der Waals surface area contributed by atoms with Crippen molar-refractivity contribution in [1.29, 1.82) is 0 Å². The van der Waals surface area contributed by atoms with Crippen LogP contribution in [0.1, 0.15) is 31.7 Å². The quantitative estimate of drug-likeness (QED) is 0.915. The highest BCUT2D eigenvalue weighted by atomic mass is 16.5. The van der Waals surface area contributed by atoms with Crippen molar-refractivity contribution in [2.75, 3.05) is 13.2 Å². The molecule has 19 heavy (non-hydrogen) atoms. The fraction of sp³-hybridized carbons (Fsp3) is 0.400. The van der Waals surface area contributed by atoms with Gasteiger partial charge in [0, 0.05) is 5.56 Å². The Bertz CT molecular complexity index is 527. The molecule has 0 saturated carbocycles. The second-order valence-electron chi connectivity index (χ2n) is 4.67. The van der Waals surface area contributed by atoms with E-state index in [1.165, 1.54) is 6.42 Å². The van der Waals surface area contributed by atoms with Crippen LogP contribution in [0.4, 0.5) is 0 Å². The van der Waals surface area contributed by atoms with Gasteiger partial charge in [0.15, 0.2) is 5.76 Å². The van der Waals surface area contributed by atoms with E-state index in [0.29, 0.717) is 6.61 Å². The maximum absolute atomic E-state index is 5.84. The number of ether oxygens (including phenoxy) is 1. The van der Waals surface area contributed by atoms with Gasteiger partial charge in [0.05, 0.1) is 18.8 Å². The number of nitrogens with one attached hydrogen (secondary N) is 1. The van der Waals surface area contributed by atoms with Crippen LogP contribution in [0.15, 0.2) is 34.9 Å². The van der Waals surface area contributed by atoms with Crippen LogP contribution in [-0.4, -0.2) is 18.1 Å². The Morgan fingerprint density at radius 3 is 2.89 bits per heavy atom. The molecule has 1 saturated heterocycles. The summed E-state index contributed by atoms with van der Waals surface area (Å²) in [7, 11) is 0. The molecule has 1 atom stereocenters. The van der Waals surface area contributed by atoms with Crippen molar-refractivity contribution in [1.82, 2.24) is 10.3 Å². The molecule has 0 bridgehead atoms. The molecule has 1 aliphatic heterocycles. The Morgan fingerprint density at radius 2 is 2.21 bits per heavy atom. The Balaban J connectivity index is 1.77. The van der Waals surface area contributed by atoms with Crippen LogP contribution in [-0.2, 0) is 0 Å².